The molecule has 8 nitrogen and oxygen atoms in total. The number of carbonyl (C=O) groups is 3. The van der Waals surface area contributed by atoms with Crippen LogP contribution in [0.5, 0.6) is 0 Å². The highest BCUT2D eigenvalue weighted by molar-refractivity contribution is 5.85. The van der Waals surface area contributed by atoms with Crippen LogP contribution in [0.1, 0.15) is 26.7 Å². The lowest BCUT2D eigenvalue weighted by molar-refractivity contribution is -0.139. The van der Waals surface area contributed by atoms with E-state index in [4.69, 9.17) is 5.11 Å². The lowest BCUT2D eigenvalue weighted by Crippen LogP contribution is -2.61. The van der Waals surface area contributed by atoms with Crippen LogP contribution < -0.4 is 10.6 Å². The van der Waals surface area contributed by atoms with Crippen LogP contribution >= 0.6 is 0 Å². The van der Waals surface area contributed by atoms with Crippen LogP contribution in [0.2, 0.25) is 0 Å². The summed E-state index contributed by atoms with van der Waals surface area (Å²) in [5, 5.41) is 14.6. The zero-order valence-corrected chi connectivity index (χ0v) is 13.0. The van der Waals surface area contributed by atoms with Gasteiger partial charge >= 0.3 is 12.0 Å². The summed E-state index contributed by atoms with van der Waals surface area (Å²) in [5.74, 6) is -0.971. The van der Waals surface area contributed by atoms with Gasteiger partial charge in [-0.1, -0.05) is 6.92 Å². The van der Waals surface area contributed by atoms with Gasteiger partial charge in [0.05, 0.1) is 6.54 Å². The molecular weight excluding hydrogens is 288 g/mol. The van der Waals surface area contributed by atoms with Crippen molar-refractivity contribution in [3.05, 3.63) is 0 Å². The standard InChI is InChI=1S/C14H24N4O4/c1-3-17(8-13(20)21)11-4-10(5-11)16-14(22)18-6-9(2)15-12(19)7-18/h9-11H,3-8H2,1-2H3,(H,15,19)(H,16,22)(H,20,21). The molecule has 1 saturated heterocycles. The molecule has 2 aliphatic rings. The first-order valence-electron chi connectivity index (χ1n) is 7.69. The monoisotopic (exact) mass is 312 g/mol. The summed E-state index contributed by atoms with van der Waals surface area (Å²) in [4.78, 5) is 37.8. The van der Waals surface area contributed by atoms with Crippen LogP contribution in [-0.2, 0) is 9.59 Å². The molecule has 1 aliphatic carbocycles. The molecule has 2 rings (SSSR count). The van der Waals surface area contributed by atoms with E-state index < -0.39 is 5.97 Å². The number of urea groups is 1. The minimum Gasteiger partial charge on any atom is -0.480 e. The molecule has 124 valence electrons. The fourth-order valence-corrected chi connectivity index (χ4v) is 3.03. The Hall–Kier alpha value is -1.83. The maximum absolute atomic E-state index is 12.1. The van der Waals surface area contributed by atoms with Gasteiger partial charge in [-0.25, -0.2) is 4.79 Å². The maximum Gasteiger partial charge on any atom is 0.318 e. The van der Waals surface area contributed by atoms with E-state index in [1.54, 1.807) is 0 Å². The predicted molar refractivity (Wildman–Crippen MR) is 79.4 cm³/mol. The molecule has 1 heterocycles. The molecule has 1 saturated carbocycles. The summed E-state index contributed by atoms with van der Waals surface area (Å²) in [6, 6.07) is 0.00865. The summed E-state index contributed by atoms with van der Waals surface area (Å²) in [5.41, 5.74) is 0. The van der Waals surface area contributed by atoms with Crippen molar-refractivity contribution in [2.75, 3.05) is 26.2 Å². The van der Waals surface area contributed by atoms with E-state index in [0.29, 0.717) is 13.1 Å². The number of nitrogens with one attached hydrogen (secondary N) is 2. The largest absolute Gasteiger partial charge is 0.480 e. The number of nitrogens with zero attached hydrogens (tertiary/aromatic N) is 2. The molecule has 0 spiro atoms. The Bertz CT molecular complexity index is 450. The number of hydrogen-bond acceptors (Lipinski definition) is 4. The minimum atomic E-state index is -0.831. The van der Waals surface area contributed by atoms with Crippen LogP contribution in [0.25, 0.3) is 0 Å². The fourth-order valence-electron chi connectivity index (χ4n) is 3.03. The average molecular weight is 312 g/mol. The number of hydrogen-bond donors (Lipinski definition) is 3. The van der Waals surface area contributed by atoms with Gasteiger partial charge in [0.1, 0.15) is 6.54 Å². The van der Waals surface area contributed by atoms with E-state index in [-0.39, 0.29) is 43.2 Å². The van der Waals surface area contributed by atoms with Crippen molar-refractivity contribution in [1.82, 2.24) is 20.4 Å². The van der Waals surface area contributed by atoms with E-state index in [1.165, 1.54) is 4.90 Å². The molecule has 0 aromatic rings. The first kappa shape index (κ1) is 16.5. The van der Waals surface area contributed by atoms with Crippen LogP contribution in [0.4, 0.5) is 4.79 Å². The molecule has 3 N–H and O–H groups in total. The van der Waals surface area contributed by atoms with Crippen LogP contribution in [0.3, 0.4) is 0 Å². The molecule has 1 atom stereocenters. The number of piperazine rings is 1. The van der Waals surface area contributed by atoms with Crippen molar-refractivity contribution in [3.8, 4) is 0 Å². The molecule has 0 aromatic heterocycles. The second kappa shape index (κ2) is 6.95. The van der Waals surface area contributed by atoms with Gasteiger partial charge < -0.3 is 20.6 Å². The molecule has 8 heteroatoms. The number of carboxylic acid groups (broad SMARTS) is 1. The first-order valence-corrected chi connectivity index (χ1v) is 7.69. The Morgan fingerprint density at radius 3 is 2.68 bits per heavy atom. The second-order valence-corrected chi connectivity index (χ2v) is 6.08. The lowest BCUT2D eigenvalue weighted by atomic mass is 9.85. The molecule has 22 heavy (non-hydrogen) atoms. The van der Waals surface area contributed by atoms with Crippen molar-refractivity contribution >= 4 is 17.9 Å². The highest BCUT2D eigenvalue weighted by Crippen LogP contribution is 2.25. The number of likely N-dealkylation sites (N-methyl/N-ethyl adjacent to an activating group) is 1. The minimum absolute atomic E-state index is 0.0334. The zero-order chi connectivity index (χ0) is 16.3. The molecule has 1 unspecified atom stereocenters. The van der Waals surface area contributed by atoms with Crippen molar-refractivity contribution in [2.24, 2.45) is 0 Å². The maximum atomic E-state index is 12.1. The summed E-state index contributed by atoms with van der Waals surface area (Å²) in [6.07, 6.45) is 1.50. The number of carboxylic acids is 1. The number of carbonyl (C=O) groups excluding carboxylic acids is 2. The third-order valence-electron chi connectivity index (χ3n) is 4.23. The summed E-state index contributed by atoms with van der Waals surface area (Å²) < 4.78 is 0. The van der Waals surface area contributed by atoms with E-state index in [0.717, 1.165) is 12.8 Å². The van der Waals surface area contributed by atoms with Gasteiger partial charge in [-0.05, 0) is 26.3 Å². The highest BCUT2D eigenvalue weighted by Gasteiger charge is 2.36. The summed E-state index contributed by atoms with van der Waals surface area (Å²) in [7, 11) is 0. The van der Waals surface area contributed by atoms with Crippen molar-refractivity contribution in [3.63, 3.8) is 0 Å². The van der Waals surface area contributed by atoms with Gasteiger partial charge in [0.2, 0.25) is 5.91 Å². The molecule has 0 radical (unpaired) electrons. The van der Waals surface area contributed by atoms with Crippen LogP contribution in [-0.4, -0.2) is 77.1 Å². The number of aliphatic carboxylic acids is 1. The zero-order valence-electron chi connectivity index (χ0n) is 13.0. The topological polar surface area (TPSA) is 102 Å². The quantitative estimate of drug-likeness (QED) is 0.632. The summed E-state index contributed by atoms with van der Waals surface area (Å²) >= 11 is 0. The first-order chi connectivity index (χ1) is 10.4. The van der Waals surface area contributed by atoms with E-state index >= 15 is 0 Å². The molecular formula is C14H24N4O4. The molecule has 0 bridgehead atoms. The molecule has 2 fully saturated rings. The Labute approximate surface area is 129 Å². The summed E-state index contributed by atoms with van der Waals surface area (Å²) in [6.45, 7) is 5.11. The molecule has 0 aromatic carbocycles. The van der Waals surface area contributed by atoms with E-state index in [2.05, 4.69) is 10.6 Å². The molecule has 3 amide bonds. The van der Waals surface area contributed by atoms with Gasteiger partial charge in [-0.2, -0.15) is 0 Å². The fraction of sp³-hybridized carbons (Fsp3) is 0.786. The van der Waals surface area contributed by atoms with Gasteiger partial charge in [0, 0.05) is 24.7 Å². The second-order valence-electron chi connectivity index (χ2n) is 6.08. The molecule has 1 aliphatic heterocycles. The Kier molecular flexibility index (Phi) is 5.23. The average Bonchev–Trinajstić information content (AvgIpc) is 2.38. The van der Waals surface area contributed by atoms with Crippen LogP contribution in [0, 0.1) is 0 Å². The van der Waals surface area contributed by atoms with Crippen molar-refractivity contribution in [2.45, 2.75) is 44.8 Å². The Morgan fingerprint density at radius 2 is 2.14 bits per heavy atom. The van der Waals surface area contributed by atoms with Gasteiger partial charge in [-0.3, -0.25) is 14.5 Å². The van der Waals surface area contributed by atoms with Gasteiger partial charge in [-0.15, -0.1) is 0 Å². The van der Waals surface area contributed by atoms with Crippen molar-refractivity contribution in [1.29, 1.82) is 0 Å². The SMILES string of the molecule is CCN(CC(=O)O)C1CC(NC(=O)N2CC(=O)NC(C)C2)C1. The predicted octanol–water partition coefficient (Wildman–Crippen LogP) is -0.546. The smallest absolute Gasteiger partial charge is 0.318 e. The van der Waals surface area contributed by atoms with E-state index in [9.17, 15) is 14.4 Å². The number of rotatable bonds is 5. The van der Waals surface area contributed by atoms with Gasteiger partial charge in [0.25, 0.3) is 0 Å². The Morgan fingerprint density at radius 1 is 1.45 bits per heavy atom. The number of amides is 3. The third kappa shape index (κ3) is 4.09. The van der Waals surface area contributed by atoms with E-state index in [1.807, 2.05) is 18.7 Å². The highest BCUT2D eigenvalue weighted by atomic mass is 16.4. The van der Waals surface area contributed by atoms with Gasteiger partial charge in [0.15, 0.2) is 0 Å². The third-order valence-corrected chi connectivity index (χ3v) is 4.23. The van der Waals surface area contributed by atoms with Crippen LogP contribution in [0.15, 0.2) is 0 Å². The lowest BCUT2D eigenvalue weighted by Gasteiger charge is -2.43. The normalized spacial score (nSPS) is 28.0. The Balaban J connectivity index is 1.76. The van der Waals surface area contributed by atoms with Crippen molar-refractivity contribution < 1.29 is 19.5 Å².